The first kappa shape index (κ1) is 17.3. The van der Waals surface area contributed by atoms with Crippen LogP contribution in [0.3, 0.4) is 0 Å². The monoisotopic (exact) mass is 339 g/mol. The van der Waals surface area contributed by atoms with Gasteiger partial charge in [-0.3, -0.25) is 4.79 Å². The Bertz CT molecular complexity index is 685. The number of nitrogens with one attached hydrogen (secondary N) is 2. The van der Waals surface area contributed by atoms with Gasteiger partial charge in [0.15, 0.2) is 9.84 Å². The van der Waals surface area contributed by atoms with E-state index in [1.807, 2.05) is 11.8 Å². The largest absolute Gasteiger partial charge is 0.390 e. The zero-order valence-electron chi connectivity index (χ0n) is 13.1. The van der Waals surface area contributed by atoms with Crippen LogP contribution in [0, 0.1) is 0 Å². The molecule has 1 aromatic carbocycles. The molecule has 2 atom stereocenters. The summed E-state index contributed by atoms with van der Waals surface area (Å²) in [5.74, 6) is -0.582. The third-order valence-electron chi connectivity index (χ3n) is 3.47. The number of rotatable bonds is 6. The number of aliphatic hydroxyl groups excluding tert-OH is 1. The minimum atomic E-state index is -3.60. The van der Waals surface area contributed by atoms with Gasteiger partial charge in [0.2, 0.25) is 5.91 Å². The number of anilines is 1. The number of aliphatic hydroxyl groups is 1. The molecular weight excluding hydrogens is 318 g/mol. The topological polar surface area (TPSA) is 98.7 Å². The lowest BCUT2D eigenvalue weighted by molar-refractivity contribution is -0.114. The standard InChI is InChI=1S/C15H21N3O4S/c1-11-16-7-8-18(11)9-14(20)10-23(21,22)15-5-3-13(4-6-15)17-12(2)19/h3-8,11,14,16,20H,9-10H2,1-2H3,(H,17,19). The molecule has 0 bridgehead atoms. The molecule has 7 nitrogen and oxygen atoms in total. The van der Waals surface area contributed by atoms with Gasteiger partial charge in [-0.1, -0.05) is 0 Å². The van der Waals surface area contributed by atoms with Crippen LogP contribution in [0.4, 0.5) is 5.69 Å². The first-order chi connectivity index (χ1) is 10.8. The molecule has 1 aliphatic rings. The van der Waals surface area contributed by atoms with Crippen molar-refractivity contribution in [3.8, 4) is 0 Å². The van der Waals surface area contributed by atoms with Gasteiger partial charge in [0, 0.05) is 31.6 Å². The molecule has 0 radical (unpaired) electrons. The lowest BCUT2D eigenvalue weighted by Gasteiger charge is -2.24. The van der Waals surface area contributed by atoms with Gasteiger partial charge in [0.05, 0.1) is 22.9 Å². The van der Waals surface area contributed by atoms with Crippen molar-refractivity contribution >= 4 is 21.4 Å². The summed E-state index contributed by atoms with van der Waals surface area (Å²) in [5.41, 5.74) is 0.527. The maximum absolute atomic E-state index is 12.3. The van der Waals surface area contributed by atoms with Crippen LogP contribution < -0.4 is 10.6 Å². The van der Waals surface area contributed by atoms with Crippen LogP contribution in [0.15, 0.2) is 41.6 Å². The number of sulfone groups is 1. The molecule has 2 rings (SSSR count). The van der Waals surface area contributed by atoms with E-state index in [2.05, 4.69) is 10.6 Å². The summed E-state index contributed by atoms with van der Waals surface area (Å²) in [4.78, 5) is 12.9. The Balaban J connectivity index is 2.00. The predicted octanol–water partition coefficient (Wildman–Crippen LogP) is 0.502. The van der Waals surface area contributed by atoms with Crippen molar-refractivity contribution in [1.29, 1.82) is 0 Å². The van der Waals surface area contributed by atoms with Crippen LogP contribution in [-0.2, 0) is 14.6 Å². The summed E-state index contributed by atoms with van der Waals surface area (Å²) in [5, 5.41) is 15.7. The summed E-state index contributed by atoms with van der Waals surface area (Å²) in [7, 11) is -3.60. The summed E-state index contributed by atoms with van der Waals surface area (Å²) in [6.07, 6.45) is 2.57. The highest BCUT2D eigenvalue weighted by Gasteiger charge is 2.23. The number of hydrogen-bond acceptors (Lipinski definition) is 6. The normalized spacial score (nSPS) is 18.6. The minimum absolute atomic E-state index is 0.0318. The third-order valence-corrected chi connectivity index (χ3v) is 5.28. The van der Waals surface area contributed by atoms with Crippen molar-refractivity contribution in [3.63, 3.8) is 0 Å². The summed E-state index contributed by atoms with van der Waals surface area (Å²) in [6.45, 7) is 3.53. The maximum Gasteiger partial charge on any atom is 0.221 e. The quantitative estimate of drug-likeness (QED) is 0.698. The fourth-order valence-corrected chi connectivity index (χ4v) is 3.67. The highest BCUT2D eigenvalue weighted by atomic mass is 32.2. The van der Waals surface area contributed by atoms with E-state index in [1.54, 1.807) is 12.4 Å². The molecule has 0 spiro atoms. The average Bonchev–Trinajstić information content (AvgIpc) is 2.83. The number of benzene rings is 1. The minimum Gasteiger partial charge on any atom is -0.390 e. The Labute approximate surface area is 135 Å². The molecule has 1 aliphatic heterocycles. The molecular formula is C15H21N3O4S. The Morgan fingerprint density at radius 3 is 2.57 bits per heavy atom. The van der Waals surface area contributed by atoms with E-state index in [4.69, 9.17) is 0 Å². The van der Waals surface area contributed by atoms with Crippen LogP contribution in [0.2, 0.25) is 0 Å². The van der Waals surface area contributed by atoms with E-state index in [0.717, 1.165) is 0 Å². The zero-order valence-corrected chi connectivity index (χ0v) is 13.9. The van der Waals surface area contributed by atoms with Gasteiger partial charge in [-0.05, 0) is 31.2 Å². The number of amides is 1. The molecule has 126 valence electrons. The fourth-order valence-electron chi connectivity index (χ4n) is 2.32. The highest BCUT2D eigenvalue weighted by Crippen LogP contribution is 2.17. The average molecular weight is 339 g/mol. The number of β-amino-alcohol motifs (C(OH)–C–C–N with tert-alkyl or cyclic N) is 1. The maximum atomic E-state index is 12.3. The van der Waals surface area contributed by atoms with E-state index in [0.29, 0.717) is 5.69 Å². The number of hydrogen-bond donors (Lipinski definition) is 3. The first-order valence-corrected chi connectivity index (χ1v) is 8.90. The summed E-state index contributed by atoms with van der Waals surface area (Å²) >= 11 is 0. The number of carbonyl (C=O) groups is 1. The Hall–Kier alpha value is -2.06. The second-order valence-corrected chi connectivity index (χ2v) is 7.53. The van der Waals surface area contributed by atoms with Crippen molar-refractivity contribution in [2.75, 3.05) is 17.6 Å². The van der Waals surface area contributed by atoms with Gasteiger partial charge >= 0.3 is 0 Å². The Morgan fingerprint density at radius 2 is 2.04 bits per heavy atom. The van der Waals surface area contributed by atoms with Gasteiger partial charge in [-0.15, -0.1) is 0 Å². The van der Waals surface area contributed by atoms with Crippen LogP contribution >= 0.6 is 0 Å². The van der Waals surface area contributed by atoms with Gasteiger partial charge in [-0.2, -0.15) is 0 Å². The van der Waals surface area contributed by atoms with Crippen molar-refractivity contribution in [2.24, 2.45) is 0 Å². The third kappa shape index (κ3) is 4.70. The molecule has 2 unspecified atom stereocenters. The molecule has 0 saturated carbocycles. The van der Waals surface area contributed by atoms with Gasteiger partial charge < -0.3 is 20.6 Å². The fraction of sp³-hybridized carbons (Fsp3) is 0.400. The lowest BCUT2D eigenvalue weighted by atomic mass is 10.3. The molecule has 1 aromatic rings. The van der Waals surface area contributed by atoms with Crippen LogP contribution in [0.25, 0.3) is 0 Å². The molecule has 0 saturated heterocycles. The van der Waals surface area contributed by atoms with Crippen molar-refractivity contribution in [2.45, 2.75) is 31.0 Å². The molecule has 0 aliphatic carbocycles. The van der Waals surface area contributed by atoms with E-state index >= 15 is 0 Å². The molecule has 1 heterocycles. The first-order valence-electron chi connectivity index (χ1n) is 7.25. The van der Waals surface area contributed by atoms with Crippen LogP contribution in [0.1, 0.15) is 13.8 Å². The second kappa shape index (κ2) is 7.01. The molecule has 8 heteroatoms. The molecule has 0 fully saturated rings. The number of nitrogens with zero attached hydrogens (tertiary/aromatic N) is 1. The van der Waals surface area contributed by atoms with Gasteiger partial charge in [0.25, 0.3) is 0 Å². The predicted molar refractivity (Wildman–Crippen MR) is 87.2 cm³/mol. The summed E-state index contributed by atoms with van der Waals surface area (Å²) < 4.78 is 24.7. The Kier molecular flexibility index (Phi) is 5.27. The summed E-state index contributed by atoms with van der Waals surface area (Å²) in [6, 6.07) is 5.90. The van der Waals surface area contributed by atoms with E-state index in [9.17, 15) is 18.3 Å². The van der Waals surface area contributed by atoms with Crippen LogP contribution in [0.5, 0.6) is 0 Å². The Morgan fingerprint density at radius 1 is 1.39 bits per heavy atom. The SMILES string of the molecule is CC(=O)Nc1ccc(S(=O)(=O)CC(O)CN2C=CNC2C)cc1. The van der Waals surface area contributed by atoms with E-state index in [-0.39, 0.29) is 29.3 Å². The van der Waals surface area contributed by atoms with E-state index in [1.165, 1.54) is 31.2 Å². The van der Waals surface area contributed by atoms with Crippen molar-refractivity contribution < 1.29 is 18.3 Å². The highest BCUT2D eigenvalue weighted by molar-refractivity contribution is 7.91. The second-order valence-electron chi connectivity index (χ2n) is 5.50. The molecule has 0 aromatic heterocycles. The molecule has 3 N–H and O–H groups in total. The molecule has 23 heavy (non-hydrogen) atoms. The van der Waals surface area contributed by atoms with Crippen LogP contribution in [-0.4, -0.2) is 48.9 Å². The van der Waals surface area contributed by atoms with Crippen molar-refractivity contribution in [1.82, 2.24) is 10.2 Å². The van der Waals surface area contributed by atoms with E-state index < -0.39 is 15.9 Å². The van der Waals surface area contributed by atoms with Gasteiger partial charge in [0.1, 0.15) is 0 Å². The smallest absolute Gasteiger partial charge is 0.221 e. The van der Waals surface area contributed by atoms with Crippen molar-refractivity contribution in [3.05, 3.63) is 36.7 Å². The zero-order chi connectivity index (χ0) is 17.0. The van der Waals surface area contributed by atoms with Gasteiger partial charge in [-0.25, -0.2) is 8.42 Å². The number of carbonyl (C=O) groups excluding carboxylic acids is 1. The lowest BCUT2D eigenvalue weighted by Crippen LogP contribution is -2.39. The molecule has 1 amide bonds.